The Hall–Kier alpha value is -1.48. The Morgan fingerprint density at radius 3 is 2.84 bits per heavy atom. The third kappa shape index (κ3) is 2.61. The van der Waals surface area contributed by atoms with Crippen LogP contribution < -0.4 is 5.73 Å². The molecule has 2 N–H and O–H groups in total. The quantitative estimate of drug-likeness (QED) is 0.925. The third-order valence-electron chi connectivity index (χ3n) is 3.83. The summed E-state index contributed by atoms with van der Waals surface area (Å²) in [6, 6.07) is 9.64. The normalized spacial score (nSPS) is 22.2. The summed E-state index contributed by atoms with van der Waals surface area (Å²) in [4.78, 5) is 0. The number of rotatable bonds is 3. The molecule has 0 unspecified atom stereocenters. The molecular formula is C15H18ClN3. The maximum Gasteiger partial charge on any atom is 0.122 e. The van der Waals surface area contributed by atoms with Crippen LogP contribution in [-0.4, -0.2) is 9.78 Å². The highest BCUT2D eigenvalue weighted by atomic mass is 35.5. The standard InChI is InChI=1S/C15H18ClN3/c1-10-5-11(6-10)9-19-15(17)8-14(18-19)12-3-2-4-13(16)7-12/h2-4,7-8,10-11H,5-6,9,17H2,1H3. The lowest BCUT2D eigenvalue weighted by atomic mass is 9.76. The van der Waals surface area contributed by atoms with Crippen LogP contribution in [-0.2, 0) is 6.54 Å². The summed E-state index contributed by atoms with van der Waals surface area (Å²) < 4.78 is 1.92. The first kappa shape index (κ1) is 12.5. The Labute approximate surface area is 118 Å². The van der Waals surface area contributed by atoms with E-state index in [0.717, 1.165) is 40.5 Å². The molecule has 0 atom stereocenters. The maximum absolute atomic E-state index is 6.05. The van der Waals surface area contributed by atoms with Crippen molar-refractivity contribution in [2.45, 2.75) is 26.3 Å². The molecule has 3 rings (SSSR count). The summed E-state index contributed by atoms with van der Waals surface area (Å²) in [7, 11) is 0. The minimum Gasteiger partial charge on any atom is -0.384 e. The summed E-state index contributed by atoms with van der Waals surface area (Å²) in [5.74, 6) is 2.31. The molecule has 0 amide bonds. The number of hydrogen-bond acceptors (Lipinski definition) is 2. The van der Waals surface area contributed by atoms with Crippen molar-refractivity contribution in [1.29, 1.82) is 0 Å². The highest BCUT2D eigenvalue weighted by Crippen LogP contribution is 2.35. The van der Waals surface area contributed by atoms with Crippen molar-refractivity contribution in [3.8, 4) is 11.3 Å². The van der Waals surface area contributed by atoms with E-state index in [2.05, 4.69) is 12.0 Å². The Balaban J connectivity index is 1.81. The van der Waals surface area contributed by atoms with Crippen LogP contribution in [0, 0.1) is 11.8 Å². The number of hydrogen-bond donors (Lipinski definition) is 1. The molecule has 3 nitrogen and oxygen atoms in total. The number of halogens is 1. The number of aromatic nitrogens is 2. The molecule has 4 heteroatoms. The molecule has 1 aliphatic rings. The van der Waals surface area contributed by atoms with Gasteiger partial charge in [0, 0.05) is 23.2 Å². The van der Waals surface area contributed by atoms with E-state index in [-0.39, 0.29) is 0 Å². The predicted molar refractivity (Wildman–Crippen MR) is 79.0 cm³/mol. The first-order valence-electron chi connectivity index (χ1n) is 6.71. The van der Waals surface area contributed by atoms with Crippen molar-refractivity contribution in [2.75, 3.05) is 5.73 Å². The van der Waals surface area contributed by atoms with Gasteiger partial charge in [-0.15, -0.1) is 0 Å². The van der Waals surface area contributed by atoms with Crippen LogP contribution in [0.4, 0.5) is 5.82 Å². The molecule has 0 saturated heterocycles. The van der Waals surface area contributed by atoms with E-state index < -0.39 is 0 Å². The summed E-state index contributed by atoms with van der Waals surface area (Å²) in [6.45, 7) is 3.22. The van der Waals surface area contributed by atoms with Crippen molar-refractivity contribution in [3.63, 3.8) is 0 Å². The Morgan fingerprint density at radius 1 is 1.37 bits per heavy atom. The van der Waals surface area contributed by atoms with E-state index in [1.54, 1.807) is 0 Å². The second-order valence-corrected chi connectivity index (χ2v) is 6.03. The molecule has 100 valence electrons. The fraction of sp³-hybridized carbons (Fsp3) is 0.400. The van der Waals surface area contributed by atoms with Gasteiger partial charge in [-0.05, 0) is 36.8 Å². The van der Waals surface area contributed by atoms with Gasteiger partial charge in [-0.25, -0.2) is 4.68 Å². The van der Waals surface area contributed by atoms with Crippen LogP contribution >= 0.6 is 11.6 Å². The first-order valence-corrected chi connectivity index (χ1v) is 7.09. The van der Waals surface area contributed by atoms with E-state index in [0.29, 0.717) is 0 Å². The number of nitrogens with zero attached hydrogens (tertiary/aromatic N) is 2. The molecule has 1 aliphatic carbocycles. The Kier molecular flexibility index (Phi) is 3.23. The van der Waals surface area contributed by atoms with Crippen LogP contribution in [0.3, 0.4) is 0 Å². The summed E-state index contributed by atoms with van der Waals surface area (Å²) in [6.07, 6.45) is 2.57. The second kappa shape index (κ2) is 4.89. The molecule has 0 bridgehead atoms. The fourth-order valence-electron chi connectivity index (χ4n) is 2.83. The van der Waals surface area contributed by atoms with Crippen LogP contribution in [0.25, 0.3) is 11.3 Å². The molecule has 0 spiro atoms. The predicted octanol–water partition coefficient (Wildman–Crippen LogP) is 3.83. The number of anilines is 1. The third-order valence-corrected chi connectivity index (χ3v) is 4.07. The smallest absolute Gasteiger partial charge is 0.122 e. The van der Waals surface area contributed by atoms with Gasteiger partial charge in [0.25, 0.3) is 0 Å². The lowest BCUT2D eigenvalue weighted by molar-refractivity contribution is 0.183. The molecule has 1 fully saturated rings. The average molecular weight is 276 g/mol. The highest BCUT2D eigenvalue weighted by Gasteiger charge is 2.26. The molecule has 0 radical (unpaired) electrons. The zero-order valence-corrected chi connectivity index (χ0v) is 11.8. The van der Waals surface area contributed by atoms with Gasteiger partial charge in [0.2, 0.25) is 0 Å². The Morgan fingerprint density at radius 2 is 2.16 bits per heavy atom. The first-order chi connectivity index (χ1) is 9.11. The second-order valence-electron chi connectivity index (χ2n) is 5.59. The number of nitrogen functional groups attached to an aromatic ring is 1. The van der Waals surface area contributed by atoms with Crippen LogP contribution in [0.5, 0.6) is 0 Å². The van der Waals surface area contributed by atoms with Crippen LogP contribution in [0.2, 0.25) is 5.02 Å². The monoisotopic (exact) mass is 275 g/mol. The van der Waals surface area contributed by atoms with Crippen molar-refractivity contribution in [1.82, 2.24) is 9.78 Å². The van der Waals surface area contributed by atoms with Gasteiger partial charge in [0.15, 0.2) is 0 Å². The van der Waals surface area contributed by atoms with Crippen molar-refractivity contribution in [2.24, 2.45) is 11.8 Å². The topological polar surface area (TPSA) is 43.8 Å². The van der Waals surface area contributed by atoms with Gasteiger partial charge >= 0.3 is 0 Å². The summed E-state index contributed by atoms with van der Waals surface area (Å²) in [5, 5.41) is 5.32. The van der Waals surface area contributed by atoms with E-state index in [4.69, 9.17) is 17.3 Å². The molecule has 2 aromatic rings. The van der Waals surface area contributed by atoms with Gasteiger partial charge < -0.3 is 5.73 Å². The van der Waals surface area contributed by atoms with E-state index >= 15 is 0 Å². The maximum atomic E-state index is 6.05. The van der Waals surface area contributed by atoms with Crippen molar-refractivity contribution in [3.05, 3.63) is 35.4 Å². The lowest BCUT2D eigenvalue weighted by Crippen LogP contribution is -2.26. The minimum atomic E-state index is 0.721. The van der Waals surface area contributed by atoms with Crippen molar-refractivity contribution >= 4 is 17.4 Å². The van der Waals surface area contributed by atoms with Gasteiger partial charge in [-0.1, -0.05) is 30.7 Å². The molecule has 1 aromatic heterocycles. The molecule has 1 heterocycles. The SMILES string of the molecule is CC1CC(Cn2nc(-c3cccc(Cl)c3)cc2N)C1. The fourth-order valence-corrected chi connectivity index (χ4v) is 3.02. The van der Waals surface area contributed by atoms with E-state index in [1.807, 2.05) is 35.0 Å². The molecule has 1 saturated carbocycles. The number of nitrogens with two attached hydrogens (primary N) is 1. The zero-order valence-electron chi connectivity index (χ0n) is 11.0. The van der Waals surface area contributed by atoms with Gasteiger partial charge in [0.05, 0.1) is 5.69 Å². The number of benzene rings is 1. The van der Waals surface area contributed by atoms with Gasteiger partial charge in [-0.2, -0.15) is 5.10 Å². The van der Waals surface area contributed by atoms with Gasteiger partial charge in [0.1, 0.15) is 5.82 Å². The van der Waals surface area contributed by atoms with Crippen molar-refractivity contribution < 1.29 is 0 Å². The van der Waals surface area contributed by atoms with E-state index in [1.165, 1.54) is 12.8 Å². The molecule has 1 aromatic carbocycles. The van der Waals surface area contributed by atoms with Crippen LogP contribution in [0.1, 0.15) is 19.8 Å². The molecule has 19 heavy (non-hydrogen) atoms. The van der Waals surface area contributed by atoms with E-state index in [9.17, 15) is 0 Å². The zero-order chi connectivity index (χ0) is 13.4. The summed E-state index contributed by atoms with van der Waals surface area (Å²) in [5.41, 5.74) is 7.96. The molecule has 0 aliphatic heterocycles. The van der Waals surface area contributed by atoms with Gasteiger partial charge in [-0.3, -0.25) is 0 Å². The summed E-state index contributed by atoms with van der Waals surface area (Å²) >= 11 is 6.01. The minimum absolute atomic E-state index is 0.721. The Bertz CT molecular complexity index is 585. The molecular weight excluding hydrogens is 258 g/mol. The largest absolute Gasteiger partial charge is 0.384 e. The lowest BCUT2D eigenvalue weighted by Gasteiger charge is -2.32. The van der Waals surface area contributed by atoms with Crippen LogP contribution in [0.15, 0.2) is 30.3 Å². The highest BCUT2D eigenvalue weighted by molar-refractivity contribution is 6.30. The average Bonchev–Trinajstić information content (AvgIpc) is 2.69.